The van der Waals surface area contributed by atoms with Crippen molar-refractivity contribution in [3.63, 3.8) is 0 Å². The minimum absolute atomic E-state index is 1.33. The second-order valence-electron chi connectivity index (χ2n) is 5.78. The van der Waals surface area contributed by atoms with E-state index in [4.69, 9.17) is 0 Å². The molecule has 0 saturated carbocycles. The number of aryl methyl sites for hydroxylation is 4. The van der Waals surface area contributed by atoms with Gasteiger partial charge in [0.15, 0.2) is 0 Å². The molecule has 0 aliphatic carbocycles. The molecule has 0 aliphatic rings. The van der Waals surface area contributed by atoms with E-state index in [1.807, 2.05) is 13.8 Å². The van der Waals surface area contributed by atoms with Crippen molar-refractivity contribution in [1.29, 1.82) is 0 Å². The lowest BCUT2D eigenvalue weighted by Gasteiger charge is -2.08. The zero-order valence-corrected chi connectivity index (χ0v) is 15.9. The van der Waals surface area contributed by atoms with Crippen molar-refractivity contribution in [3.8, 4) is 11.1 Å². The summed E-state index contributed by atoms with van der Waals surface area (Å²) in [5, 5.41) is 0. The maximum atomic E-state index is 2.18. The van der Waals surface area contributed by atoms with Crippen LogP contribution in [0.2, 0.25) is 0 Å². The van der Waals surface area contributed by atoms with Crippen molar-refractivity contribution in [2.45, 2.75) is 41.5 Å². The molecule has 0 heterocycles. The van der Waals surface area contributed by atoms with E-state index < -0.39 is 0 Å². The van der Waals surface area contributed by atoms with Crippen LogP contribution in [0.15, 0.2) is 72.8 Å². The van der Waals surface area contributed by atoms with E-state index in [0.717, 1.165) is 0 Å². The normalized spacial score (nSPS) is 9.25. The Hall–Kier alpha value is -2.34. The maximum Gasteiger partial charge on any atom is -0.0152 e. The van der Waals surface area contributed by atoms with Crippen molar-refractivity contribution in [3.05, 3.63) is 95.1 Å². The van der Waals surface area contributed by atoms with Gasteiger partial charge in [0.05, 0.1) is 0 Å². The van der Waals surface area contributed by atoms with E-state index in [0.29, 0.717) is 0 Å². The van der Waals surface area contributed by atoms with Gasteiger partial charge in [-0.05, 0) is 49.9 Å². The van der Waals surface area contributed by atoms with E-state index in [9.17, 15) is 0 Å². The molecule has 0 radical (unpaired) electrons. The van der Waals surface area contributed by atoms with E-state index >= 15 is 0 Å². The average molecular weight is 319 g/mol. The lowest BCUT2D eigenvalue weighted by atomic mass is 9.97. The van der Waals surface area contributed by atoms with Gasteiger partial charge in [-0.1, -0.05) is 97.8 Å². The standard InChI is InChI=1S/C14H14.C8H10.C2H6/c1-11-7-3-5-9-13(11)14-10-6-4-8-12(14)2;1-7-3-5-8(2)6-4-7;1-2/h3-10H,1-2H3;3-6H,1-2H3;1-2H3. The van der Waals surface area contributed by atoms with Crippen LogP contribution in [0.4, 0.5) is 0 Å². The molecule has 24 heavy (non-hydrogen) atoms. The van der Waals surface area contributed by atoms with Crippen LogP contribution in [-0.4, -0.2) is 0 Å². The van der Waals surface area contributed by atoms with Gasteiger partial charge in [-0.25, -0.2) is 0 Å². The fourth-order valence-corrected chi connectivity index (χ4v) is 2.39. The molecular formula is C24H30. The first-order valence-corrected chi connectivity index (χ1v) is 8.73. The molecule has 0 aromatic heterocycles. The molecule has 0 nitrogen and oxygen atoms in total. The topological polar surface area (TPSA) is 0 Å². The first kappa shape index (κ1) is 19.7. The Bertz CT molecular complexity index is 657. The second-order valence-corrected chi connectivity index (χ2v) is 5.78. The summed E-state index contributed by atoms with van der Waals surface area (Å²) >= 11 is 0. The van der Waals surface area contributed by atoms with Crippen LogP contribution >= 0.6 is 0 Å². The first-order valence-electron chi connectivity index (χ1n) is 8.73. The van der Waals surface area contributed by atoms with Crippen LogP contribution < -0.4 is 0 Å². The monoisotopic (exact) mass is 318 g/mol. The number of benzene rings is 3. The molecule has 0 heteroatoms. The van der Waals surface area contributed by atoms with Gasteiger partial charge in [-0.15, -0.1) is 0 Å². The Labute approximate surface area is 148 Å². The fourth-order valence-electron chi connectivity index (χ4n) is 2.39. The zero-order valence-electron chi connectivity index (χ0n) is 15.9. The molecule has 0 bridgehead atoms. The molecule has 3 aromatic rings. The summed E-state index contributed by atoms with van der Waals surface area (Å²) in [7, 11) is 0. The highest BCUT2D eigenvalue weighted by Gasteiger charge is 2.02. The van der Waals surface area contributed by atoms with Crippen molar-refractivity contribution >= 4 is 0 Å². The summed E-state index contributed by atoms with van der Waals surface area (Å²) < 4.78 is 0. The summed E-state index contributed by atoms with van der Waals surface area (Å²) in [6, 6.07) is 25.5. The minimum atomic E-state index is 1.33. The van der Waals surface area contributed by atoms with Gasteiger partial charge >= 0.3 is 0 Å². The van der Waals surface area contributed by atoms with E-state index in [-0.39, 0.29) is 0 Å². The third-order valence-corrected chi connectivity index (χ3v) is 3.80. The van der Waals surface area contributed by atoms with Gasteiger partial charge in [0.1, 0.15) is 0 Å². The van der Waals surface area contributed by atoms with Gasteiger partial charge in [0.25, 0.3) is 0 Å². The van der Waals surface area contributed by atoms with Gasteiger partial charge in [0, 0.05) is 0 Å². The molecule has 0 unspecified atom stereocenters. The van der Waals surface area contributed by atoms with Crippen LogP contribution in [-0.2, 0) is 0 Å². The zero-order chi connectivity index (χ0) is 17.9. The summed E-state index contributed by atoms with van der Waals surface area (Å²) in [6.07, 6.45) is 0. The molecule has 0 spiro atoms. The molecule has 0 amide bonds. The predicted molar refractivity (Wildman–Crippen MR) is 109 cm³/mol. The van der Waals surface area contributed by atoms with E-state index in [2.05, 4.69) is 100 Å². The summed E-state index contributed by atoms with van der Waals surface area (Å²) in [5.41, 5.74) is 8.01. The highest BCUT2D eigenvalue weighted by Crippen LogP contribution is 2.25. The molecule has 0 N–H and O–H groups in total. The molecule has 0 aliphatic heterocycles. The van der Waals surface area contributed by atoms with Crippen LogP contribution in [0.5, 0.6) is 0 Å². The lowest BCUT2D eigenvalue weighted by molar-refractivity contribution is 1.40. The largest absolute Gasteiger partial charge is 0.0683 e. The highest BCUT2D eigenvalue weighted by molar-refractivity contribution is 5.70. The number of hydrogen-bond donors (Lipinski definition) is 0. The van der Waals surface area contributed by atoms with Crippen molar-refractivity contribution in [2.24, 2.45) is 0 Å². The number of rotatable bonds is 1. The highest BCUT2D eigenvalue weighted by atomic mass is 14.1. The quantitative estimate of drug-likeness (QED) is 0.441. The SMILES string of the molecule is CC.Cc1ccc(C)cc1.Cc1ccccc1-c1ccccc1C. The van der Waals surface area contributed by atoms with Crippen LogP contribution in [0.25, 0.3) is 11.1 Å². The van der Waals surface area contributed by atoms with E-state index in [1.54, 1.807) is 0 Å². The Kier molecular flexibility index (Phi) is 8.57. The van der Waals surface area contributed by atoms with Gasteiger partial charge < -0.3 is 0 Å². The average Bonchev–Trinajstić information content (AvgIpc) is 2.61. The van der Waals surface area contributed by atoms with Gasteiger partial charge in [0.2, 0.25) is 0 Å². The Morgan fingerprint density at radius 2 is 0.708 bits per heavy atom. The van der Waals surface area contributed by atoms with Crippen LogP contribution in [0, 0.1) is 27.7 Å². The van der Waals surface area contributed by atoms with Crippen molar-refractivity contribution in [1.82, 2.24) is 0 Å². The van der Waals surface area contributed by atoms with Crippen LogP contribution in [0.1, 0.15) is 36.1 Å². The van der Waals surface area contributed by atoms with Crippen molar-refractivity contribution in [2.75, 3.05) is 0 Å². The Morgan fingerprint density at radius 3 is 1.00 bits per heavy atom. The first-order chi connectivity index (χ1) is 11.6. The Balaban J connectivity index is 0.000000245. The summed E-state index contributed by atoms with van der Waals surface area (Å²) in [6.45, 7) is 12.5. The molecule has 3 aromatic carbocycles. The third kappa shape index (κ3) is 6.04. The maximum absolute atomic E-state index is 2.18. The molecule has 3 rings (SSSR count). The minimum Gasteiger partial charge on any atom is -0.0683 e. The Morgan fingerprint density at radius 1 is 0.417 bits per heavy atom. The van der Waals surface area contributed by atoms with Crippen LogP contribution in [0.3, 0.4) is 0 Å². The fraction of sp³-hybridized carbons (Fsp3) is 0.250. The second kappa shape index (κ2) is 10.4. The summed E-state index contributed by atoms with van der Waals surface area (Å²) in [4.78, 5) is 0. The predicted octanol–water partition coefficient (Wildman–Crippen LogP) is 7.30. The third-order valence-electron chi connectivity index (χ3n) is 3.80. The van der Waals surface area contributed by atoms with E-state index in [1.165, 1.54) is 33.4 Å². The molecule has 0 atom stereocenters. The number of hydrogen-bond acceptors (Lipinski definition) is 0. The molecule has 0 saturated heterocycles. The molecule has 126 valence electrons. The summed E-state index contributed by atoms with van der Waals surface area (Å²) in [5.74, 6) is 0. The lowest BCUT2D eigenvalue weighted by Crippen LogP contribution is -1.85. The van der Waals surface area contributed by atoms with Gasteiger partial charge in [-0.3, -0.25) is 0 Å². The molecule has 0 fully saturated rings. The van der Waals surface area contributed by atoms with Gasteiger partial charge in [-0.2, -0.15) is 0 Å². The smallest absolute Gasteiger partial charge is 0.0152 e. The molecular weight excluding hydrogens is 288 g/mol. The van der Waals surface area contributed by atoms with Crippen molar-refractivity contribution < 1.29 is 0 Å².